The zero-order valence-corrected chi connectivity index (χ0v) is 14.3. The van der Waals surface area contributed by atoms with Crippen molar-refractivity contribution in [3.63, 3.8) is 0 Å². The number of amides is 1. The number of nitrogens with one attached hydrogen (secondary N) is 2. The normalized spacial score (nSPS) is 10.0. The van der Waals surface area contributed by atoms with Crippen LogP contribution in [0.15, 0.2) is 41.0 Å². The molecule has 0 aliphatic heterocycles. The third-order valence-electron chi connectivity index (χ3n) is 2.37. The molecule has 0 spiro atoms. The lowest BCUT2D eigenvalue weighted by molar-refractivity contribution is 0.0978. The van der Waals surface area contributed by atoms with Crippen LogP contribution >= 0.6 is 51.3 Å². The molecule has 1 aromatic carbocycles. The van der Waals surface area contributed by atoms with Crippen LogP contribution in [0.1, 0.15) is 10.4 Å². The van der Waals surface area contributed by atoms with Gasteiger partial charge in [-0.1, -0.05) is 23.2 Å². The van der Waals surface area contributed by atoms with Crippen LogP contribution in [0.5, 0.6) is 0 Å². The first-order valence-electron chi connectivity index (χ1n) is 5.64. The lowest BCUT2D eigenvalue weighted by atomic mass is 10.2. The Hall–Kier alpha value is -1.21. The summed E-state index contributed by atoms with van der Waals surface area (Å²) < 4.78 is 0.843. The van der Waals surface area contributed by atoms with Crippen molar-refractivity contribution in [1.82, 2.24) is 10.3 Å². The molecular weight excluding hydrogens is 397 g/mol. The number of carbonyl (C=O) groups is 1. The number of benzene rings is 1. The summed E-state index contributed by atoms with van der Waals surface area (Å²) in [7, 11) is 0. The first-order valence-corrected chi connectivity index (χ1v) is 7.60. The van der Waals surface area contributed by atoms with Gasteiger partial charge in [0, 0.05) is 15.7 Å². The van der Waals surface area contributed by atoms with Crippen LogP contribution in [-0.4, -0.2) is 16.0 Å². The largest absolute Gasteiger partial charge is 0.317 e. The van der Waals surface area contributed by atoms with Gasteiger partial charge in [-0.25, -0.2) is 4.98 Å². The van der Waals surface area contributed by atoms with E-state index in [0.717, 1.165) is 4.47 Å². The molecule has 0 unspecified atom stereocenters. The van der Waals surface area contributed by atoms with E-state index in [2.05, 4.69) is 31.5 Å². The van der Waals surface area contributed by atoms with Crippen LogP contribution in [0.2, 0.25) is 10.0 Å². The van der Waals surface area contributed by atoms with E-state index in [1.165, 1.54) is 12.1 Å². The Morgan fingerprint density at radius 1 is 1.24 bits per heavy atom. The highest BCUT2D eigenvalue weighted by Gasteiger charge is 2.12. The van der Waals surface area contributed by atoms with E-state index < -0.39 is 5.91 Å². The highest BCUT2D eigenvalue weighted by Crippen LogP contribution is 2.20. The Morgan fingerprint density at radius 2 is 2.00 bits per heavy atom. The Kier molecular flexibility index (Phi) is 5.52. The Labute approximate surface area is 145 Å². The number of rotatable bonds is 2. The number of anilines is 1. The van der Waals surface area contributed by atoms with Crippen LogP contribution < -0.4 is 10.6 Å². The number of hydrogen-bond acceptors (Lipinski definition) is 3. The topological polar surface area (TPSA) is 54.0 Å². The lowest BCUT2D eigenvalue weighted by Gasteiger charge is -2.09. The highest BCUT2D eigenvalue weighted by atomic mass is 79.9. The van der Waals surface area contributed by atoms with Crippen molar-refractivity contribution in [2.45, 2.75) is 0 Å². The molecule has 0 radical (unpaired) electrons. The molecule has 8 heteroatoms. The number of carbonyl (C=O) groups excluding carboxylic acids is 1. The number of nitrogens with zero attached hydrogens (tertiary/aromatic N) is 1. The maximum atomic E-state index is 12.0. The summed E-state index contributed by atoms with van der Waals surface area (Å²) in [5.74, 6) is 0.0944. The molecule has 0 fully saturated rings. The van der Waals surface area contributed by atoms with Gasteiger partial charge in [-0.2, -0.15) is 0 Å². The summed E-state index contributed by atoms with van der Waals surface area (Å²) in [5.41, 5.74) is 0.286. The lowest BCUT2D eigenvalue weighted by Crippen LogP contribution is -2.34. The molecule has 0 bridgehead atoms. The maximum absolute atomic E-state index is 12.0. The minimum atomic E-state index is -0.425. The van der Waals surface area contributed by atoms with Crippen LogP contribution in [-0.2, 0) is 0 Å². The molecule has 2 N–H and O–H groups in total. The zero-order valence-electron chi connectivity index (χ0n) is 10.4. The zero-order chi connectivity index (χ0) is 15.4. The summed E-state index contributed by atoms with van der Waals surface area (Å²) in [5, 5.41) is 6.16. The summed E-state index contributed by atoms with van der Waals surface area (Å²) in [6.45, 7) is 0. The molecule has 1 amide bonds. The number of aromatic nitrogens is 1. The van der Waals surface area contributed by atoms with Gasteiger partial charge >= 0.3 is 0 Å². The van der Waals surface area contributed by atoms with Crippen molar-refractivity contribution in [1.29, 1.82) is 0 Å². The van der Waals surface area contributed by atoms with Crippen molar-refractivity contribution in [3.05, 3.63) is 56.6 Å². The third kappa shape index (κ3) is 4.64. The Bertz CT molecular complexity index is 694. The fourth-order valence-electron chi connectivity index (χ4n) is 1.44. The van der Waals surface area contributed by atoms with Crippen LogP contribution in [0, 0.1) is 0 Å². The van der Waals surface area contributed by atoms with E-state index in [9.17, 15) is 4.79 Å². The minimum absolute atomic E-state index is 0.126. The molecule has 0 aliphatic rings. The maximum Gasteiger partial charge on any atom is 0.258 e. The van der Waals surface area contributed by atoms with E-state index in [1.807, 2.05) is 0 Å². The number of pyridine rings is 1. The molecule has 1 heterocycles. The predicted octanol–water partition coefficient (Wildman–Crippen LogP) is 4.28. The van der Waals surface area contributed by atoms with E-state index >= 15 is 0 Å². The Balaban J connectivity index is 2.02. The quantitative estimate of drug-likeness (QED) is 0.733. The molecule has 1 aromatic heterocycles. The van der Waals surface area contributed by atoms with Gasteiger partial charge in [0.1, 0.15) is 5.82 Å². The molecule has 0 atom stereocenters. The molecule has 4 nitrogen and oxygen atoms in total. The van der Waals surface area contributed by atoms with Gasteiger partial charge in [0.15, 0.2) is 5.11 Å². The standard InChI is InChI=1S/C13H8BrCl2N3OS/c14-7-1-4-11(17-6-7)18-13(21)19-12(20)9-3-2-8(15)5-10(9)16/h1-6H,(H2,17,18,19,20,21). The molecule has 0 aliphatic carbocycles. The van der Waals surface area contributed by atoms with Gasteiger partial charge in [-0.3, -0.25) is 10.1 Å². The van der Waals surface area contributed by atoms with E-state index in [4.69, 9.17) is 35.4 Å². The monoisotopic (exact) mass is 403 g/mol. The van der Waals surface area contributed by atoms with Crippen LogP contribution in [0.4, 0.5) is 5.82 Å². The van der Waals surface area contributed by atoms with Gasteiger partial charge in [-0.05, 0) is 58.5 Å². The molecule has 2 aromatic rings. The van der Waals surface area contributed by atoms with Gasteiger partial charge < -0.3 is 5.32 Å². The molecule has 108 valence electrons. The average molecular weight is 405 g/mol. The molecule has 21 heavy (non-hydrogen) atoms. The van der Waals surface area contributed by atoms with Gasteiger partial charge in [-0.15, -0.1) is 0 Å². The van der Waals surface area contributed by atoms with Gasteiger partial charge in [0.05, 0.1) is 10.6 Å². The van der Waals surface area contributed by atoms with Crippen molar-refractivity contribution in [2.24, 2.45) is 0 Å². The summed E-state index contributed by atoms with van der Waals surface area (Å²) in [6, 6.07) is 8.12. The number of hydrogen-bond donors (Lipinski definition) is 2. The second-order valence-corrected chi connectivity index (χ2v) is 6.06. The van der Waals surface area contributed by atoms with Crippen molar-refractivity contribution in [2.75, 3.05) is 5.32 Å². The minimum Gasteiger partial charge on any atom is -0.317 e. The number of thiocarbonyl (C=S) groups is 1. The molecule has 0 saturated heterocycles. The highest BCUT2D eigenvalue weighted by molar-refractivity contribution is 9.10. The van der Waals surface area contributed by atoms with Crippen molar-refractivity contribution >= 4 is 68.2 Å². The Morgan fingerprint density at radius 3 is 2.62 bits per heavy atom. The fraction of sp³-hybridized carbons (Fsp3) is 0. The van der Waals surface area contributed by atoms with E-state index in [1.54, 1.807) is 24.4 Å². The van der Waals surface area contributed by atoms with Crippen LogP contribution in [0.25, 0.3) is 0 Å². The van der Waals surface area contributed by atoms with Gasteiger partial charge in [0.25, 0.3) is 5.91 Å². The second-order valence-electron chi connectivity index (χ2n) is 3.89. The summed E-state index contributed by atoms with van der Waals surface area (Å²) >= 11 is 20.1. The predicted molar refractivity (Wildman–Crippen MR) is 92.1 cm³/mol. The molecule has 2 rings (SSSR count). The van der Waals surface area contributed by atoms with Crippen LogP contribution in [0.3, 0.4) is 0 Å². The molecular formula is C13H8BrCl2N3OS. The third-order valence-corrected chi connectivity index (χ3v) is 3.59. The first-order chi connectivity index (χ1) is 9.95. The first kappa shape index (κ1) is 16.2. The smallest absolute Gasteiger partial charge is 0.258 e. The SMILES string of the molecule is O=C(NC(=S)Nc1ccc(Br)cn1)c1ccc(Cl)cc1Cl. The second kappa shape index (κ2) is 7.17. The van der Waals surface area contributed by atoms with Crippen molar-refractivity contribution in [3.8, 4) is 0 Å². The van der Waals surface area contributed by atoms with Gasteiger partial charge in [0.2, 0.25) is 0 Å². The number of halogens is 3. The van der Waals surface area contributed by atoms with E-state index in [0.29, 0.717) is 10.8 Å². The molecule has 0 saturated carbocycles. The summed E-state index contributed by atoms with van der Waals surface area (Å²) in [6.07, 6.45) is 1.61. The average Bonchev–Trinajstić information content (AvgIpc) is 2.41. The fourth-order valence-corrected chi connectivity index (χ4v) is 2.37. The summed E-state index contributed by atoms with van der Waals surface area (Å²) in [4.78, 5) is 16.1. The van der Waals surface area contributed by atoms with E-state index in [-0.39, 0.29) is 15.7 Å². The van der Waals surface area contributed by atoms with Crippen molar-refractivity contribution < 1.29 is 4.79 Å².